The molecule has 1 fully saturated rings. The van der Waals surface area contributed by atoms with Gasteiger partial charge in [-0.2, -0.15) is 0 Å². The number of carbonyl (C=O) groups excluding carboxylic acids is 2. The molecule has 0 unspecified atom stereocenters. The van der Waals surface area contributed by atoms with Gasteiger partial charge in [0.05, 0.1) is 0 Å². The number of amides is 2. The number of nitrogens with zero attached hydrogens (tertiary/aromatic N) is 2. The maximum absolute atomic E-state index is 12.0. The maximum Gasteiger partial charge on any atom is 0.289 e. The molecule has 0 radical (unpaired) electrons. The quantitative estimate of drug-likeness (QED) is 0.728. The van der Waals surface area contributed by atoms with Crippen molar-refractivity contribution in [2.75, 3.05) is 26.2 Å². The topological polar surface area (TPSA) is 53.8 Å². The lowest BCUT2D eigenvalue weighted by Gasteiger charge is -2.31. The summed E-state index contributed by atoms with van der Waals surface area (Å²) in [5, 5.41) is 0. The normalized spacial score (nSPS) is 16.1. The summed E-state index contributed by atoms with van der Waals surface area (Å²) >= 11 is 0. The molecular weight excluding hydrogens is 220 g/mol. The molecule has 92 valence electrons. The average molecular weight is 236 g/mol. The first-order valence-corrected chi connectivity index (χ1v) is 5.82. The first-order chi connectivity index (χ1) is 8.24. The molecule has 0 atom stereocenters. The fourth-order valence-corrected chi connectivity index (χ4v) is 1.87. The van der Waals surface area contributed by atoms with Crippen molar-refractivity contribution in [1.82, 2.24) is 9.80 Å². The van der Waals surface area contributed by atoms with Crippen molar-refractivity contribution in [2.24, 2.45) is 0 Å². The van der Waals surface area contributed by atoms with E-state index in [1.54, 1.807) is 15.9 Å². The summed E-state index contributed by atoms with van der Waals surface area (Å²) in [7, 11) is 0. The van der Waals surface area contributed by atoms with Gasteiger partial charge in [0.15, 0.2) is 5.76 Å². The van der Waals surface area contributed by atoms with Crippen LogP contribution in [0.5, 0.6) is 0 Å². The van der Waals surface area contributed by atoms with Crippen molar-refractivity contribution in [3.63, 3.8) is 0 Å². The molecule has 1 aliphatic heterocycles. The lowest BCUT2D eigenvalue weighted by Crippen LogP contribution is -2.48. The zero-order valence-corrected chi connectivity index (χ0v) is 9.89. The van der Waals surface area contributed by atoms with Crippen LogP contribution in [0.4, 0.5) is 0 Å². The van der Waals surface area contributed by atoms with Gasteiger partial charge in [0.2, 0.25) is 6.41 Å². The lowest BCUT2D eigenvalue weighted by atomic mass is 10.3. The van der Waals surface area contributed by atoms with Crippen LogP contribution >= 0.6 is 0 Å². The van der Waals surface area contributed by atoms with Gasteiger partial charge in [-0.25, -0.2) is 0 Å². The number of piperazine rings is 1. The van der Waals surface area contributed by atoms with E-state index in [0.717, 1.165) is 18.6 Å². The first kappa shape index (κ1) is 11.7. The molecule has 0 bridgehead atoms. The molecule has 1 aliphatic rings. The Labute approximate surface area is 100.0 Å². The maximum atomic E-state index is 12.0. The van der Waals surface area contributed by atoms with Crippen LogP contribution in [0.1, 0.15) is 23.2 Å². The number of rotatable bonds is 3. The highest BCUT2D eigenvalue weighted by molar-refractivity contribution is 5.91. The number of furan rings is 1. The smallest absolute Gasteiger partial charge is 0.289 e. The highest BCUT2D eigenvalue weighted by Crippen LogP contribution is 2.12. The van der Waals surface area contributed by atoms with Gasteiger partial charge in [-0.3, -0.25) is 9.59 Å². The molecule has 1 aromatic heterocycles. The van der Waals surface area contributed by atoms with Gasteiger partial charge >= 0.3 is 0 Å². The molecule has 0 saturated carbocycles. The monoisotopic (exact) mass is 236 g/mol. The fraction of sp³-hybridized carbons (Fsp3) is 0.500. The molecule has 17 heavy (non-hydrogen) atoms. The number of aryl methyl sites for hydroxylation is 1. The second-order valence-corrected chi connectivity index (χ2v) is 4.05. The van der Waals surface area contributed by atoms with E-state index in [1.165, 1.54) is 0 Å². The van der Waals surface area contributed by atoms with Gasteiger partial charge in [-0.1, -0.05) is 6.92 Å². The van der Waals surface area contributed by atoms with E-state index in [0.29, 0.717) is 31.9 Å². The van der Waals surface area contributed by atoms with Crippen LogP contribution in [0.2, 0.25) is 0 Å². The van der Waals surface area contributed by atoms with Crippen molar-refractivity contribution in [3.8, 4) is 0 Å². The van der Waals surface area contributed by atoms with Crippen molar-refractivity contribution < 1.29 is 14.0 Å². The Morgan fingerprint density at radius 2 is 2.06 bits per heavy atom. The molecule has 0 spiro atoms. The summed E-state index contributed by atoms with van der Waals surface area (Å²) in [6.07, 6.45) is 1.61. The SMILES string of the molecule is CCc1ccc(C(=O)N2CCN(C=O)CC2)o1. The Morgan fingerprint density at radius 1 is 1.35 bits per heavy atom. The van der Waals surface area contributed by atoms with Crippen LogP contribution in [0.15, 0.2) is 16.5 Å². The standard InChI is InChI=1S/C12H16N2O3/c1-2-10-3-4-11(17-10)12(16)14-7-5-13(9-15)6-8-14/h3-4,9H,2,5-8H2,1H3. The summed E-state index contributed by atoms with van der Waals surface area (Å²) in [6, 6.07) is 3.54. The van der Waals surface area contributed by atoms with Crippen LogP contribution in [-0.4, -0.2) is 48.3 Å². The van der Waals surface area contributed by atoms with E-state index in [4.69, 9.17) is 4.42 Å². The van der Waals surface area contributed by atoms with Crippen LogP contribution in [0.3, 0.4) is 0 Å². The number of carbonyl (C=O) groups is 2. The first-order valence-electron chi connectivity index (χ1n) is 5.82. The minimum Gasteiger partial charge on any atom is -0.456 e. The molecule has 0 aliphatic carbocycles. The summed E-state index contributed by atoms with van der Waals surface area (Å²) in [5.41, 5.74) is 0. The zero-order chi connectivity index (χ0) is 12.3. The van der Waals surface area contributed by atoms with Gasteiger partial charge in [-0.05, 0) is 12.1 Å². The van der Waals surface area contributed by atoms with E-state index in [2.05, 4.69) is 0 Å². The third-order valence-electron chi connectivity index (χ3n) is 2.97. The largest absolute Gasteiger partial charge is 0.456 e. The number of hydrogen-bond donors (Lipinski definition) is 0. The van der Waals surface area contributed by atoms with E-state index < -0.39 is 0 Å². The van der Waals surface area contributed by atoms with E-state index in [1.807, 2.05) is 13.0 Å². The van der Waals surface area contributed by atoms with Crippen LogP contribution in [0.25, 0.3) is 0 Å². The van der Waals surface area contributed by atoms with Crippen molar-refractivity contribution >= 4 is 12.3 Å². The predicted octanol–water partition coefficient (Wildman–Crippen LogP) is 0.756. The van der Waals surface area contributed by atoms with Gasteiger partial charge in [-0.15, -0.1) is 0 Å². The summed E-state index contributed by atoms with van der Waals surface area (Å²) in [4.78, 5) is 26.0. The van der Waals surface area contributed by atoms with E-state index in [9.17, 15) is 9.59 Å². The third kappa shape index (κ3) is 2.49. The van der Waals surface area contributed by atoms with Crippen molar-refractivity contribution in [3.05, 3.63) is 23.7 Å². The Bertz CT molecular complexity index is 406. The highest BCUT2D eigenvalue weighted by atomic mass is 16.4. The molecule has 2 rings (SSSR count). The second kappa shape index (κ2) is 5.03. The molecule has 1 saturated heterocycles. The van der Waals surface area contributed by atoms with Gasteiger partial charge in [0, 0.05) is 32.6 Å². The molecule has 2 heterocycles. The second-order valence-electron chi connectivity index (χ2n) is 4.05. The van der Waals surface area contributed by atoms with Crippen LogP contribution in [0, 0.1) is 0 Å². The fourth-order valence-electron chi connectivity index (χ4n) is 1.87. The minimum atomic E-state index is -0.0877. The summed E-state index contributed by atoms with van der Waals surface area (Å²) < 4.78 is 5.43. The Kier molecular flexibility index (Phi) is 3.46. The van der Waals surface area contributed by atoms with Crippen molar-refractivity contribution in [1.29, 1.82) is 0 Å². The van der Waals surface area contributed by atoms with Crippen LogP contribution in [-0.2, 0) is 11.2 Å². The lowest BCUT2D eigenvalue weighted by molar-refractivity contribution is -0.119. The van der Waals surface area contributed by atoms with Crippen LogP contribution < -0.4 is 0 Å². The predicted molar refractivity (Wildman–Crippen MR) is 61.6 cm³/mol. The summed E-state index contributed by atoms with van der Waals surface area (Å²) in [5.74, 6) is 1.12. The molecule has 2 amide bonds. The Balaban J connectivity index is 1.98. The van der Waals surface area contributed by atoms with E-state index in [-0.39, 0.29) is 5.91 Å². The molecular formula is C12H16N2O3. The highest BCUT2D eigenvalue weighted by Gasteiger charge is 2.23. The summed E-state index contributed by atoms with van der Waals surface area (Å²) in [6.45, 7) is 4.31. The molecule has 5 heteroatoms. The zero-order valence-electron chi connectivity index (χ0n) is 9.89. The average Bonchev–Trinajstić information content (AvgIpc) is 2.87. The molecule has 0 N–H and O–H groups in total. The number of hydrogen-bond acceptors (Lipinski definition) is 3. The minimum absolute atomic E-state index is 0.0877. The van der Waals surface area contributed by atoms with E-state index >= 15 is 0 Å². The molecule has 0 aromatic carbocycles. The molecule has 5 nitrogen and oxygen atoms in total. The van der Waals surface area contributed by atoms with Gasteiger partial charge < -0.3 is 14.2 Å². The third-order valence-corrected chi connectivity index (χ3v) is 2.97. The Morgan fingerprint density at radius 3 is 2.59 bits per heavy atom. The van der Waals surface area contributed by atoms with Gasteiger partial charge in [0.1, 0.15) is 5.76 Å². The molecule has 1 aromatic rings. The van der Waals surface area contributed by atoms with Crippen molar-refractivity contribution in [2.45, 2.75) is 13.3 Å². The Hall–Kier alpha value is -1.78. The van der Waals surface area contributed by atoms with Gasteiger partial charge in [0.25, 0.3) is 5.91 Å².